The summed E-state index contributed by atoms with van der Waals surface area (Å²) in [4.78, 5) is 28.8. The number of aromatic carboxylic acids is 1. The van der Waals surface area contributed by atoms with Crippen molar-refractivity contribution < 1.29 is 9.90 Å². The van der Waals surface area contributed by atoms with Crippen LogP contribution < -0.4 is 5.69 Å². The molecule has 1 saturated carbocycles. The molecule has 2 N–H and O–H groups in total. The van der Waals surface area contributed by atoms with Crippen LogP contribution in [-0.2, 0) is 5.75 Å². The minimum atomic E-state index is -1.12. The van der Waals surface area contributed by atoms with Gasteiger partial charge in [0.05, 0.1) is 11.8 Å². The van der Waals surface area contributed by atoms with Crippen molar-refractivity contribution in [2.75, 3.05) is 0 Å². The molecular weight excluding hydrogens is 296 g/mol. The Bertz CT molecular complexity index is 751. The lowest BCUT2D eigenvalue weighted by atomic mass is 10.2. The lowest BCUT2D eigenvalue weighted by molar-refractivity contribution is 0.0690. The van der Waals surface area contributed by atoms with Crippen molar-refractivity contribution in [1.29, 1.82) is 0 Å². The topological polar surface area (TPSA) is 127 Å². The number of aryl methyl sites for hydroxylation is 1. The van der Waals surface area contributed by atoms with Gasteiger partial charge in [-0.15, -0.1) is 5.10 Å². The number of carbonyl (C=O) groups is 1. The Balaban J connectivity index is 1.86. The summed E-state index contributed by atoms with van der Waals surface area (Å²) in [5, 5.41) is 20.9. The Morgan fingerprint density at radius 1 is 1.52 bits per heavy atom. The van der Waals surface area contributed by atoms with Gasteiger partial charge in [0, 0.05) is 5.69 Å². The molecule has 1 aliphatic carbocycles. The normalized spacial score (nSPS) is 14.3. The van der Waals surface area contributed by atoms with E-state index >= 15 is 0 Å². The highest BCUT2D eigenvalue weighted by Crippen LogP contribution is 2.35. The first-order valence-electron chi connectivity index (χ1n) is 6.30. The lowest BCUT2D eigenvalue weighted by Crippen LogP contribution is -2.18. The molecule has 0 aromatic carbocycles. The third-order valence-electron chi connectivity index (χ3n) is 3.09. The van der Waals surface area contributed by atoms with Gasteiger partial charge >= 0.3 is 11.7 Å². The van der Waals surface area contributed by atoms with Gasteiger partial charge < -0.3 is 10.1 Å². The van der Waals surface area contributed by atoms with Crippen LogP contribution in [0, 0.1) is 6.92 Å². The first-order valence-corrected chi connectivity index (χ1v) is 7.28. The zero-order valence-electron chi connectivity index (χ0n) is 11.1. The zero-order chi connectivity index (χ0) is 15.0. The number of hydrogen-bond acceptors (Lipinski definition) is 7. The lowest BCUT2D eigenvalue weighted by Gasteiger charge is -2.06. The Kier molecular flexibility index (Phi) is 3.45. The number of carboxylic acids is 1. The van der Waals surface area contributed by atoms with Gasteiger partial charge in [-0.25, -0.2) is 14.3 Å². The second-order valence-corrected chi connectivity index (χ2v) is 5.68. The van der Waals surface area contributed by atoms with Gasteiger partial charge in [0.15, 0.2) is 5.82 Å². The predicted molar refractivity (Wildman–Crippen MR) is 72.2 cm³/mol. The van der Waals surface area contributed by atoms with E-state index in [1.807, 2.05) is 0 Å². The average Bonchev–Trinajstić information content (AvgIpc) is 3.14. The maximum atomic E-state index is 11.4. The fraction of sp³-hybridized carbons (Fsp3) is 0.455. The van der Waals surface area contributed by atoms with Crippen LogP contribution >= 0.6 is 11.8 Å². The summed E-state index contributed by atoms with van der Waals surface area (Å²) < 4.78 is 1.74. The molecule has 9 nitrogen and oxygen atoms in total. The molecular formula is C11H12N6O3S. The molecule has 2 aromatic rings. The first-order chi connectivity index (χ1) is 10.1. The van der Waals surface area contributed by atoms with Crippen LogP contribution in [0.15, 0.2) is 9.82 Å². The quantitative estimate of drug-likeness (QED) is 0.600. The van der Waals surface area contributed by atoms with Crippen molar-refractivity contribution in [2.45, 2.75) is 36.6 Å². The number of aromatic nitrogens is 6. The Hall–Kier alpha value is -2.23. The van der Waals surface area contributed by atoms with Crippen LogP contribution in [0.3, 0.4) is 0 Å². The number of aromatic amines is 1. The van der Waals surface area contributed by atoms with Gasteiger partial charge in [0.2, 0.25) is 0 Å². The smallest absolute Gasteiger partial charge is 0.346 e. The van der Waals surface area contributed by atoms with E-state index in [4.69, 9.17) is 0 Å². The SMILES string of the molecule is Cc1[nH]c(=O)nc(SCc2nnnn2C2CC2)c1C(=O)O. The molecule has 1 fully saturated rings. The van der Waals surface area contributed by atoms with E-state index in [9.17, 15) is 14.7 Å². The Labute approximate surface area is 122 Å². The van der Waals surface area contributed by atoms with Crippen LogP contribution in [0.2, 0.25) is 0 Å². The van der Waals surface area contributed by atoms with Gasteiger partial charge in [0.25, 0.3) is 0 Å². The fourth-order valence-corrected chi connectivity index (χ4v) is 2.95. The summed E-state index contributed by atoms with van der Waals surface area (Å²) in [5.41, 5.74) is -0.279. The van der Waals surface area contributed by atoms with E-state index < -0.39 is 11.7 Å². The highest BCUT2D eigenvalue weighted by Gasteiger charge is 2.28. The standard InChI is InChI=1S/C11H12N6O3S/c1-5-8(10(18)19)9(13-11(20)12-5)21-4-7-14-15-16-17(7)6-2-3-6/h6H,2-4H2,1H3,(H,18,19)(H,12,13,20). The Morgan fingerprint density at radius 2 is 2.29 bits per heavy atom. The molecule has 2 heterocycles. The largest absolute Gasteiger partial charge is 0.478 e. The zero-order valence-corrected chi connectivity index (χ0v) is 11.9. The minimum absolute atomic E-state index is 0.00467. The fourth-order valence-electron chi connectivity index (χ4n) is 1.96. The molecule has 21 heavy (non-hydrogen) atoms. The predicted octanol–water partition coefficient (Wildman–Crippen LogP) is 0.390. The molecule has 3 rings (SSSR count). The van der Waals surface area contributed by atoms with Crippen LogP contribution in [-0.4, -0.2) is 41.3 Å². The van der Waals surface area contributed by atoms with Crippen molar-refractivity contribution in [2.24, 2.45) is 0 Å². The van der Waals surface area contributed by atoms with E-state index in [0.29, 0.717) is 17.6 Å². The molecule has 2 aromatic heterocycles. The van der Waals surface area contributed by atoms with Crippen molar-refractivity contribution in [3.63, 3.8) is 0 Å². The molecule has 0 aliphatic heterocycles. The van der Waals surface area contributed by atoms with Gasteiger partial charge in [0.1, 0.15) is 10.6 Å². The second kappa shape index (κ2) is 5.28. The summed E-state index contributed by atoms with van der Waals surface area (Å²) in [6.07, 6.45) is 2.09. The van der Waals surface area contributed by atoms with Crippen molar-refractivity contribution in [3.05, 3.63) is 27.6 Å². The number of tetrazole rings is 1. The number of H-pyrrole nitrogens is 1. The van der Waals surface area contributed by atoms with Gasteiger partial charge in [-0.05, 0) is 30.2 Å². The van der Waals surface area contributed by atoms with Gasteiger partial charge in [-0.1, -0.05) is 11.8 Å². The summed E-state index contributed by atoms with van der Waals surface area (Å²) >= 11 is 1.15. The number of carboxylic acid groups (broad SMARTS) is 1. The monoisotopic (exact) mass is 308 g/mol. The van der Waals surface area contributed by atoms with Crippen LogP contribution in [0.1, 0.15) is 40.8 Å². The van der Waals surface area contributed by atoms with Crippen molar-refractivity contribution in [1.82, 2.24) is 30.2 Å². The maximum absolute atomic E-state index is 11.4. The summed E-state index contributed by atoms with van der Waals surface area (Å²) in [5.74, 6) is -0.112. The van der Waals surface area contributed by atoms with Crippen LogP contribution in [0.5, 0.6) is 0 Å². The molecule has 0 radical (unpaired) electrons. The summed E-state index contributed by atoms with van der Waals surface area (Å²) in [6.45, 7) is 1.53. The number of thioether (sulfide) groups is 1. The van der Waals surface area contributed by atoms with E-state index in [1.165, 1.54) is 6.92 Å². The number of nitrogens with one attached hydrogen (secondary N) is 1. The average molecular weight is 308 g/mol. The molecule has 110 valence electrons. The number of hydrogen-bond donors (Lipinski definition) is 2. The summed E-state index contributed by atoms with van der Waals surface area (Å²) in [6, 6.07) is 0.336. The maximum Gasteiger partial charge on any atom is 0.346 e. The summed E-state index contributed by atoms with van der Waals surface area (Å²) in [7, 11) is 0. The van der Waals surface area contributed by atoms with Crippen LogP contribution in [0.25, 0.3) is 0 Å². The second-order valence-electron chi connectivity index (χ2n) is 4.71. The minimum Gasteiger partial charge on any atom is -0.478 e. The number of nitrogens with zero attached hydrogens (tertiary/aromatic N) is 5. The molecule has 0 atom stereocenters. The highest BCUT2D eigenvalue weighted by molar-refractivity contribution is 7.98. The third-order valence-corrected chi connectivity index (χ3v) is 4.06. The van der Waals surface area contributed by atoms with E-state index in [2.05, 4.69) is 25.5 Å². The van der Waals surface area contributed by atoms with E-state index in [-0.39, 0.29) is 16.3 Å². The molecule has 0 saturated heterocycles. The van der Waals surface area contributed by atoms with Gasteiger partial charge in [-0.3, -0.25) is 0 Å². The highest BCUT2D eigenvalue weighted by atomic mass is 32.2. The molecule has 1 aliphatic rings. The number of rotatable bonds is 5. The van der Waals surface area contributed by atoms with Gasteiger partial charge in [-0.2, -0.15) is 4.98 Å². The first kappa shape index (κ1) is 13.7. The van der Waals surface area contributed by atoms with Crippen LogP contribution in [0.4, 0.5) is 0 Å². The molecule has 0 unspecified atom stereocenters. The van der Waals surface area contributed by atoms with Crippen molar-refractivity contribution >= 4 is 17.7 Å². The van der Waals surface area contributed by atoms with E-state index in [1.54, 1.807) is 4.68 Å². The van der Waals surface area contributed by atoms with Crippen molar-refractivity contribution in [3.8, 4) is 0 Å². The molecule has 0 spiro atoms. The Morgan fingerprint density at radius 3 is 2.95 bits per heavy atom. The third kappa shape index (κ3) is 2.79. The molecule has 10 heteroatoms. The molecule has 0 bridgehead atoms. The van der Waals surface area contributed by atoms with E-state index in [0.717, 1.165) is 24.6 Å². The molecule has 0 amide bonds.